The van der Waals surface area contributed by atoms with Crippen molar-refractivity contribution in [2.24, 2.45) is 0 Å². The van der Waals surface area contributed by atoms with E-state index in [0.29, 0.717) is 11.5 Å². The molecule has 112 valence electrons. The van der Waals surface area contributed by atoms with Gasteiger partial charge in [-0.1, -0.05) is 6.92 Å². The molecule has 0 bridgehead atoms. The number of hydrogen-bond donors (Lipinski definition) is 1. The van der Waals surface area contributed by atoms with Gasteiger partial charge in [0.15, 0.2) is 11.5 Å². The Morgan fingerprint density at radius 1 is 1.33 bits per heavy atom. The van der Waals surface area contributed by atoms with E-state index in [9.17, 15) is 4.79 Å². The van der Waals surface area contributed by atoms with Gasteiger partial charge in [-0.2, -0.15) is 5.10 Å². The highest BCUT2D eigenvalue weighted by Gasteiger charge is 2.13. The fraction of sp³-hybridized carbons (Fsp3) is 0.429. The average molecular weight is 288 g/mol. The fourth-order valence-electron chi connectivity index (χ4n) is 1.82. The van der Waals surface area contributed by atoms with Crippen molar-refractivity contribution in [2.75, 3.05) is 26.0 Å². The minimum atomic E-state index is -0.134. The summed E-state index contributed by atoms with van der Waals surface area (Å²) < 4.78 is 1.60. The highest BCUT2D eigenvalue weighted by atomic mass is 16.2. The van der Waals surface area contributed by atoms with Gasteiger partial charge in [-0.05, 0) is 13.0 Å². The Kier molecular flexibility index (Phi) is 4.52. The smallest absolute Gasteiger partial charge is 0.273 e. The molecule has 0 radical (unpaired) electrons. The lowest BCUT2D eigenvalue weighted by molar-refractivity contribution is 0.0821. The number of nitrogens with one attached hydrogen (secondary N) is 1. The molecule has 0 fully saturated rings. The van der Waals surface area contributed by atoms with Crippen LogP contribution < -0.4 is 5.32 Å². The summed E-state index contributed by atoms with van der Waals surface area (Å²) in [5.74, 6) is 2.01. The van der Waals surface area contributed by atoms with Crippen molar-refractivity contribution in [3.63, 3.8) is 0 Å². The van der Waals surface area contributed by atoms with Crippen LogP contribution in [0.5, 0.6) is 0 Å². The van der Waals surface area contributed by atoms with Crippen LogP contribution in [0, 0.1) is 0 Å². The number of anilines is 1. The van der Waals surface area contributed by atoms with Crippen LogP contribution in [-0.2, 0) is 6.42 Å². The Morgan fingerprint density at radius 3 is 2.71 bits per heavy atom. The molecule has 0 aliphatic carbocycles. The van der Waals surface area contributed by atoms with Crippen molar-refractivity contribution >= 4 is 11.7 Å². The molecule has 2 heterocycles. The standard InChI is InChI=1S/C14H20N6O/c1-5-11-16-12(15-6-2)9-13(17-11)20-8-7-10(18-20)14(21)19(3)4/h7-9H,5-6H2,1-4H3,(H,15,16,17). The first-order valence-electron chi connectivity index (χ1n) is 6.94. The van der Waals surface area contributed by atoms with Crippen LogP contribution in [-0.4, -0.2) is 51.2 Å². The molecule has 21 heavy (non-hydrogen) atoms. The zero-order valence-corrected chi connectivity index (χ0v) is 12.8. The first-order chi connectivity index (χ1) is 10.0. The molecule has 0 spiro atoms. The van der Waals surface area contributed by atoms with Crippen LogP contribution in [0.4, 0.5) is 5.82 Å². The maximum Gasteiger partial charge on any atom is 0.273 e. The van der Waals surface area contributed by atoms with Crippen molar-refractivity contribution in [1.29, 1.82) is 0 Å². The molecule has 0 unspecified atom stereocenters. The topological polar surface area (TPSA) is 75.9 Å². The average Bonchev–Trinajstić information content (AvgIpc) is 2.96. The molecular weight excluding hydrogens is 268 g/mol. The summed E-state index contributed by atoms with van der Waals surface area (Å²) in [4.78, 5) is 22.2. The number of aryl methyl sites for hydroxylation is 1. The summed E-state index contributed by atoms with van der Waals surface area (Å²) in [5.41, 5.74) is 0.390. The predicted molar refractivity (Wildman–Crippen MR) is 80.7 cm³/mol. The van der Waals surface area contributed by atoms with Crippen LogP contribution in [0.2, 0.25) is 0 Å². The second kappa shape index (κ2) is 6.34. The molecule has 7 heteroatoms. The number of hydrogen-bond acceptors (Lipinski definition) is 5. The Labute approximate surface area is 124 Å². The Hall–Kier alpha value is -2.44. The first-order valence-corrected chi connectivity index (χ1v) is 6.94. The molecule has 0 saturated heterocycles. The van der Waals surface area contributed by atoms with E-state index in [1.165, 1.54) is 4.90 Å². The second-order valence-electron chi connectivity index (χ2n) is 4.76. The van der Waals surface area contributed by atoms with Crippen molar-refractivity contribution in [1.82, 2.24) is 24.6 Å². The minimum Gasteiger partial charge on any atom is -0.370 e. The summed E-state index contributed by atoms with van der Waals surface area (Å²) in [6, 6.07) is 3.50. The zero-order valence-electron chi connectivity index (χ0n) is 12.8. The molecule has 0 aromatic carbocycles. The molecule has 1 amide bonds. The van der Waals surface area contributed by atoms with Gasteiger partial charge in [-0.3, -0.25) is 4.79 Å². The van der Waals surface area contributed by atoms with E-state index >= 15 is 0 Å². The van der Waals surface area contributed by atoms with Gasteiger partial charge in [0.25, 0.3) is 5.91 Å². The molecular formula is C14H20N6O. The van der Waals surface area contributed by atoms with Gasteiger partial charge in [0, 0.05) is 39.3 Å². The highest BCUT2D eigenvalue weighted by molar-refractivity contribution is 5.91. The SMILES string of the molecule is CCNc1cc(-n2ccc(C(=O)N(C)C)n2)nc(CC)n1. The van der Waals surface area contributed by atoms with Crippen LogP contribution in [0.15, 0.2) is 18.3 Å². The molecule has 0 atom stereocenters. The molecule has 1 N–H and O–H groups in total. The molecule has 2 aromatic rings. The molecule has 2 rings (SSSR count). The third-order valence-corrected chi connectivity index (χ3v) is 2.88. The lowest BCUT2D eigenvalue weighted by Gasteiger charge is -2.08. The van der Waals surface area contributed by atoms with E-state index in [1.54, 1.807) is 31.0 Å². The molecule has 7 nitrogen and oxygen atoms in total. The summed E-state index contributed by atoms with van der Waals surface area (Å²) in [5, 5.41) is 7.46. The lowest BCUT2D eigenvalue weighted by atomic mass is 10.4. The first kappa shape index (κ1) is 15.0. The summed E-state index contributed by atoms with van der Waals surface area (Å²) >= 11 is 0. The largest absolute Gasteiger partial charge is 0.370 e. The quantitative estimate of drug-likeness (QED) is 0.899. The van der Waals surface area contributed by atoms with Gasteiger partial charge < -0.3 is 10.2 Å². The number of amides is 1. The molecule has 0 aliphatic heterocycles. The summed E-state index contributed by atoms with van der Waals surface area (Å²) in [7, 11) is 3.40. The number of carbonyl (C=O) groups is 1. The van der Waals surface area contributed by atoms with Crippen LogP contribution in [0.25, 0.3) is 5.82 Å². The van der Waals surface area contributed by atoms with Gasteiger partial charge >= 0.3 is 0 Å². The van der Waals surface area contributed by atoms with Crippen LogP contribution in [0.3, 0.4) is 0 Å². The monoisotopic (exact) mass is 288 g/mol. The van der Waals surface area contributed by atoms with Crippen molar-refractivity contribution < 1.29 is 4.79 Å². The van der Waals surface area contributed by atoms with E-state index in [2.05, 4.69) is 20.4 Å². The van der Waals surface area contributed by atoms with Gasteiger partial charge in [0.05, 0.1) is 0 Å². The molecule has 0 aliphatic rings. The Balaban J connectivity index is 2.37. The van der Waals surface area contributed by atoms with E-state index in [-0.39, 0.29) is 5.91 Å². The predicted octanol–water partition coefficient (Wildman–Crippen LogP) is 1.36. The highest BCUT2D eigenvalue weighted by Crippen LogP contribution is 2.12. The van der Waals surface area contributed by atoms with Gasteiger partial charge in [0.2, 0.25) is 0 Å². The number of aromatic nitrogens is 4. The van der Waals surface area contributed by atoms with E-state index in [4.69, 9.17) is 0 Å². The normalized spacial score (nSPS) is 10.5. The van der Waals surface area contributed by atoms with Crippen molar-refractivity contribution in [3.05, 3.63) is 29.8 Å². The number of nitrogens with zero attached hydrogens (tertiary/aromatic N) is 5. The van der Waals surface area contributed by atoms with E-state index < -0.39 is 0 Å². The lowest BCUT2D eigenvalue weighted by Crippen LogP contribution is -2.22. The summed E-state index contributed by atoms with van der Waals surface area (Å²) in [6.45, 7) is 4.79. The number of rotatable bonds is 5. The number of carbonyl (C=O) groups excluding carboxylic acids is 1. The van der Waals surface area contributed by atoms with Gasteiger partial charge in [-0.25, -0.2) is 14.6 Å². The summed E-state index contributed by atoms with van der Waals surface area (Å²) in [6.07, 6.45) is 2.46. The van der Waals surface area contributed by atoms with Crippen LogP contribution >= 0.6 is 0 Å². The maximum absolute atomic E-state index is 11.9. The minimum absolute atomic E-state index is 0.134. The van der Waals surface area contributed by atoms with Crippen molar-refractivity contribution in [2.45, 2.75) is 20.3 Å². The maximum atomic E-state index is 11.9. The Bertz CT molecular complexity index is 634. The second-order valence-corrected chi connectivity index (χ2v) is 4.76. The fourth-order valence-corrected chi connectivity index (χ4v) is 1.82. The van der Waals surface area contributed by atoms with E-state index in [0.717, 1.165) is 24.6 Å². The van der Waals surface area contributed by atoms with E-state index in [1.807, 2.05) is 19.9 Å². The Morgan fingerprint density at radius 2 is 2.10 bits per heavy atom. The molecule has 2 aromatic heterocycles. The van der Waals surface area contributed by atoms with Crippen molar-refractivity contribution in [3.8, 4) is 5.82 Å². The van der Waals surface area contributed by atoms with Crippen LogP contribution in [0.1, 0.15) is 30.2 Å². The zero-order chi connectivity index (χ0) is 15.4. The van der Waals surface area contributed by atoms with Gasteiger partial charge in [0.1, 0.15) is 11.6 Å². The molecule has 0 saturated carbocycles. The third kappa shape index (κ3) is 3.36. The third-order valence-electron chi connectivity index (χ3n) is 2.88. The van der Waals surface area contributed by atoms with Gasteiger partial charge in [-0.15, -0.1) is 0 Å².